The van der Waals surface area contributed by atoms with E-state index in [0.717, 1.165) is 44.5 Å². The normalized spacial score (nSPS) is 13.5. The number of benzene rings is 6. The van der Waals surface area contributed by atoms with Crippen LogP contribution in [0.2, 0.25) is 0 Å². The van der Waals surface area contributed by atoms with Crippen LogP contribution in [0.3, 0.4) is 0 Å². The first kappa shape index (κ1) is 26.2. The molecule has 3 aromatic heterocycles. The van der Waals surface area contributed by atoms with Gasteiger partial charge in [-0.1, -0.05) is 117 Å². The Kier molecular flexibility index (Phi) is 5.31. The Balaban J connectivity index is 1.30. The standard InChI is InChI=1S/C43H29N3O/c1-43(2)33-20-10-6-16-27(33)31-24-32-28-17-7-11-21-35(28)46(37(32)25-34(31)43)36-22-12-8-18-29(36)39-41-40(30-19-9-13-23-38(30)47-41)45-42(44-39)26-14-4-3-5-15-26/h3-25H,1-2H3. The van der Waals surface area contributed by atoms with Crippen molar-refractivity contribution in [1.29, 1.82) is 0 Å². The molecular formula is C43H29N3O. The maximum Gasteiger partial charge on any atom is 0.180 e. The topological polar surface area (TPSA) is 43.9 Å². The average Bonchev–Trinajstić information content (AvgIpc) is 3.73. The maximum absolute atomic E-state index is 6.57. The van der Waals surface area contributed by atoms with Gasteiger partial charge in [0.05, 0.1) is 16.7 Å². The Morgan fingerprint density at radius 2 is 1.26 bits per heavy atom. The number of aromatic nitrogens is 3. The second-order valence-electron chi connectivity index (χ2n) is 13.0. The third-order valence-electron chi connectivity index (χ3n) is 10.0. The van der Waals surface area contributed by atoms with Crippen molar-refractivity contribution in [2.24, 2.45) is 0 Å². The zero-order valence-corrected chi connectivity index (χ0v) is 26.0. The number of nitrogens with zero attached hydrogens (tertiary/aromatic N) is 3. The van der Waals surface area contributed by atoms with Crippen LogP contribution in [-0.4, -0.2) is 14.5 Å². The van der Waals surface area contributed by atoms with Crippen LogP contribution in [0.25, 0.3) is 83.3 Å². The predicted octanol–water partition coefficient (Wildman–Crippen LogP) is 11.1. The molecule has 1 aliphatic carbocycles. The minimum absolute atomic E-state index is 0.113. The first-order chi connectivity index (χ1) is 23.1. The molecule has 6 aromatic carbocycles. The van der Waals surface area contributed by atoms with Gasteiger partial charge in [0.1, 0.15) is 16.8 Å². The van der Waals surface area contributed by atoms with Crippen molar-refractivity contribution in [3.8, 4) is 39.5 Å². The van der Waals surface area contributed by atoms with E-state index in [0.29, 0.717) is 11.4 Å². The van der Waals surface area contributed by atoms with Gasteiger partial charge in [0.2, 0.25) is 0 Å². The van der Waals surface area contributed by atoms with Crippen molar-refractivity contribution >= 4 is 43.9 Å². The number of furan rings is 1. The van der Waals surface area contributed by atoms with Gasteiger partial charge in [-0.3, -0.25) is 0 Å². The molecule has 0 amide bonds. The van der Waals surface area contributed by atoms with E-state index >= 15 is 0 Å². The summed E-state index contributed by atoms with van der Waals surface area (Å²) >= 11 is 0. The summed E-state index contributed by atoms with van der Waals surface area (Å²) in [5.41, 5.74) is 13.7. The highest BCUT2D eigenvalue weighted by atomic mass is 16.3. The Morgan fingerprint density at radius 3 is 2.13 bits per heavy atom. The number of hydrogen-bond donors (Lipinski definition) is 0. The zero-order chi connectivity index (χ0) is 31.3. The number of hydrogen-bond acceptors (Lipinski definition) is 3. The molecule has 4 heteroatoms. The molecule has 0 unspecified atom stereocenters. The molecule has 0 fully saturated rings. The molecule has 0 N–H and O–H groups in total. The predicted molar refractivity (Wildman–Crippen MR) is 192 cm³/mol. The molecule has 0 spiro atoms. The monoisotopic (exact) mass is 603 g/mol. The minimum Gasteiger partial charge on any atom is -0.452 e. The van der Waals surface area contributed by atoms with Crippen LogP contribution in [0.1, 0.15) is 25.0 Å². The van der Waals surface area contributed by atoms with Crippen LogP contribution in [0.5, 0.6) is 0 Å². The fraction of sp³-hybridized carbons (Fsp3) is 0.0698. The van der Waals surface area contributed by atoms with Gasteiger partial charge >= 0.3 is 0 Å². The van der Waals surface area contributed by atoms with E-state index in [1.165, 1.54) is 38.5 Å². The molecule has 0 aliphatic heterocycles. The van der Waals surface area contributed by atoms with Gasteiger partial charge in [-0.15, -0.1) is 0 Å². The van der Waals surface area contributed by atoms with Crippen molar-refractivity contribution in [3.05, 3.63) is 151 Å². The van der Waals surface area contributed by atoms with Gasteiger partial charge in [0, 0.05) is 32.7 Å². The second-order valence-corrected chi connectivity index (χ2v) is 13.0. The SMILES string of the molecule is CC1(C)c2ccccc2-c2cc3c4ccccc4n(-c4ccccc4-c4nc(-c5ccccc5)nc5c4oc4ccccc45)c3cc21. The Morgan fingerprint density at radius 1 is 0.553 bits per heavy atom. The Bertz CT molecular complexity index is 2710. The zero-order valence-electron chi connectivity index (χ0n) is 26.0. The van der Waals surface area contributed by atoms with E-state index < -0.39 is 0 Å². The second kappa shape index (κ2) is 9.51. The van der Waals surface area contributed by atoms with Crippen LogP contribution in [-0.2, 0) is 5.41 Å². The lowest BCUT2D eigenvalue weighted by Crippen LogP contribution is -2.15. The first-order valence-corrected chi connectivity index (χ1v) is 16.1. The molecule has 0 radical (unpaired) electrons. The molecular weight excluding hydrogens is 574 g/mol. The molecule has 1 aliphatic rings. The van der Waals surface area contributed by atoms with Crippen LogP contribution in [0, 0.1) is 0 Å². The lowest BCUT2D eigenvalue weighted by molar-refractivity contribution is 0.661. The molecule has 47 heavy (non-hydrogen) atoms. The van der Waals surface area contributed by atoms with Gasteiger partial charge in [0.15, 0.2) is 11.4 Å². The van der Waals surface area contributed by atoms with Crippen molar-refractivity contribution in [1.82, 2.24) is 14.5 Å². The minimum atomic E-state index is -0.113. The quantitative estimate of drug-likeness (QED) is 0.202. The molecule has 4 nitrogen and oxygen atoms in total. The largest absolute Gasteiger partial charge is 0.452 e. The van der Waals surface area contributed by atoms with E-state index in [9.17, 15) is 0 Å². The van der Waals surface area contributed by atoms with E-state index in [1.54, 1.807) is 0 Å². The van der Waals surface area contributed by atoms with Gasteiger partial charge in [0.25, 0.3) is 0 Å². The number of fused-ring (bicyclic) bond motifs is 9. The summed E-state index contributed by atoms with van der Waals surface area (Å²) in [6, 6.07) is 49.3. The summed E-state index contributed by atoms with van der Waals surface area (Å²) < 4.78 is 8.98. The fourth-order valence-corrected chi connectivity index (χ4v) is 7.78. The van der Waals surface area contributed by atoms with Gasteiger partial charge in [-0.05, 0) is 58.7 Å². The fourth-order valence-electron chi connectivity index (χ4n) is 7.78. The molecule has 0 saturated heterocycles. The molecule has 0 saturated carbocycles. The number of para-hydroxylation sites is 3. The Labute approximate surface area is 271 Å². The van der Waals surface area contributed by atoms with Crippen molar-refractivity contribution in [3.63, 3.8) is 0 Å². The van der Waals surface area contributed by atoms with Crippen molar-refractivity contribution in [2.45, 2.75) is 19.3 Å². The summed E-state index contributed by atoms with van der Waals surface area (Å²) in [6.07, 6.45) is 0. The molecule has 222 valence electrons. The summed E-state index contributed by atoms with van der Waals surface area (Å²) in [7, 11) is 0. The van der Waals surface area contributed by atoms with E-state index in [2.05, 4.69) is 122 Å². The highest BCUT2D eigenvalue weighted by Crippen LogP contribution is 2.51. The van der Waals surface area contributed by atoms with Gasteiger partial charge < -0.3 is 8.98 Å². The maximum atomic E-state index is 6.57. The lowest BCUT2D eigenvalue weighted by atomic mass is 9.82. The molecule has 0 bridgehead atoms. The molecule has 9 aromatic rings. The van der Waals surface area contributed by atoms with Crippen molar-refractivity contribution < 1.29 is 4.42 Å². The molecule has 3 heterocycles. The molecule has 10 rings (SSSR count). The first-order valence-electron chi connectivity index (χ1n) is 16.1. The average molecular weight is 604 g/mol. The third-order valence-corrected chi connectivity index (χ3v) is 10.0. The van der Waals surface area contributed by atoms with E-state index in [1.807, 2.05) is 36.4 Å². The highest BCUT2D eigenvalue weighted by Gasteiger charge is 2.36. The van der Waals surface area contributed by atoms with Crippen molar-refractivity contribution in [2.75, 3.05) is 0 Å². The third kappa shape index (κ3) is 3.64. The summed E-state index contributed by atoms with van der Waals surface area (Å²) in [5.74, 6) is 0.675. The van der Waals surface area contributed by atoms with Crippen LogP contribution in [0.4, 0.5) is 0 Å². The van der Waals surface area contributed by atoms with E-state index in [4.69, 9.17) is 14.4 Å². The van der Waals surface area contributed by atoms with Crippen LogP contribution in [0.15, 0.2) is 144 Å². The van der Waals surface area contributed by atoms with Gasteiger partial charge in [-0.2, -0.15) is 0 Å². The summed E-state index contributed by atoms with van der Waals surface area (Å²) in [5, 5.41) is 3.45. The van der Waals surface area contributed by atoms with Crippen LogP contribution >= 0.6 is 0 Å². The smallest absolute Gasteiger partial charge is 0.180 e. The lowest BCUT2D eigenvalue weighted by Gasteiger charge is -2.22. The van der Waals surface area contributed by atoms with Gasteiger partial charge in [-0.25, -0.2) is 9.97 Å². The summed E-state index contributed by atoms with van der Waals surface area (Å²) in [6.45, 7) is 4.68. The highest BCUT2D eigenvalue weighted by molar-refractivity contribution is 6.13. The summed E-state index contributed by atoms with van der Waals surface area (Å²) in [4.78, 5) is 10.3. The number of rotatable bonds is 3. The Hall–Kier alpha value is -6.00. The van der Waals surface area contributed by atoms with Crippen LogP contribution < -0.4 is 0 Å². The molecule has 0 atom stereocenters. The van der Waals surface area contributed by atoms with E-state index in [-0.39, 0.29) is 5.41 Å².